The van der Waals surface area contributed by atoms with Crippen molar-refractivity contribution >= 4 is 5.69 Å². The minimum absolute atomic E-state index is 0.716. The molecule has 1 unspecified atom stereocenters. The second-order valence-electron chi connectivity index (χ2n) is 6.30. The predicted octanol–water partition coefficient (Wildman–Crippen LogP) is 2.90. The van der Waals surface area contributed by atoms with Crippen LogP contribution in [0.5, 0.6) is 0 Å². The summed E-state index contributed by atoms with van der Waals surface area (Å²) in [5.41, 5.74) is 4.26. The van der Waals surface area contributed by atoms with Crippen LogP contribution in [0.1, 0.15) is 30.4 Å². The van der Waals surface area contributed by atoms with Crippen molar-refractivity contribution in [2.45, 2.75) is 32.2 Å². The Morgan fingerprint density at radius 2 is 2.30 bits per heavy atom. The zero-order valence-electron chi connectivity index (χ0n) is 12.5. The van der Waals surface area contributed by atoms with Gasteiger partial charge >= 0.3 is 0 Å². The first-order chi connectivity index (χ1) is 9.81. The topological polar surface area (TPSA) is 24.5 Å². The molecular formula is C17H26N2O. The van der Waals surface area contributed by atoms with E-state index in [-0.39, 0.29) is 0 Å². The smallest absolute Gasteiger partial charge is 0.0506 e. The van der Waals surface area contributed by atoms with Gasteiger partial charge in [-0.3, -0.25) is 0 Å². The molecule has 1 atom stereocenters. The van der Waals surface area contributed by atoms with Crippen molar-refractivity contribution in [2.75, 3.05) is 38.7 Å². The molecule has 0 saturated carbocycles. The molecule has 2 aliphatic rings. The van der Waals surface area contributed by atoms with E-state index in [1.165, 1.54) is 42.5 Å². The van der Waals surface area contributed by atoms with Crippen LogP contribution in [0.3, 0.4) is 0 Å². The molecule has 0 bridgehead atoms. The van der Waals surface area contributed by atoms with E-state index in [2.05, 4.69) is 35.5 Å². The fourth-order valence-corrected chi connectivity index (χ4v) is 3.39. The Balaban J connectivity index is 1.56. The van der Waals surface area contributed by atoms with Crippen molar-refractivity contribution in [3.63, 3.8) is 0 Å². The van der Waals surface area contributed by atoms with E-state index in [1.807, 2.05) is 0 Å². The number of nitrogens with zero attached hydrogens (tertiary/aromatic N) is 1. The number of hydrogen-bond donors (Lipinski definition) is 1. The molecular weight excluding hydrogens is 248 g/mol. The van der Waals surface area contributed by atoms with Crippen LogP contribution in [-0.2, 0) is 17.7 Å². The van der Waals surface area contributed by atoms with Crippen LogP contribution in [0.15, 0.2) is 18.2 Å². The van der Waals surface area contributed by atoms with Crippen LogP contribution < -0.4 is 5.32 Å². The van der Waals surface area contributed by atoms with Gasteiger partial charge in [-0.25, -0.2) is 0 Å². The van der Waals surface area contributed by atoms with E-state index >= 15 is 0 Å². The highest BCUT2D eigenvalue weighted by molar-refractivity contribution is 5.54. The maximum absolute atomic E-state index is 5.57. The van der Waals surface area contributed by atoms with Crippen molar-refractivity contribution in [2.24, 2.45) is 5.92 Å². The summed E-state index contributed by atoms with van der Waals surface area (Å²) < 4.78 is 5.57. The average Bonchev–Trinajstić information content (AvgIpc) is 2.48. The Bertz CT molecular complexity index is 441. The number of nitrogens with one attached hydrogen (secondary N) is 1. The van der Waals surface area contributed by atoms with Gasteiger partial charge in [-0.15, -0.1) is 0 Å². The van der Waals surface area contributed by atoms with Gasteiger partial charge in [0.15, 0.2) is 0 Å². The van der Waals surface area contributed by atoms with E-state index in [9.17, 15) is 0 Å². The van der Waals surface area contributed by atoms with Crippen LogP contribution in [0.2, 0.25) is 0 Å². The van der Waals surface area contributed by atoms with E-state index in [1.54, 1.807) is 0 Å². The standard InChI is InChI=1S/C17H26N2O/c1-19(12-15-4-3-9-20-13-15)11-14-6-7-17-16(10-14)5-2-8-18-17/h6-7,10,15,18H,2-5,8-9,11-13H2,1H3. The lowest BCUT2D eigenvalue weighted by atomic mass is 9.99. The molecule has 0 amide bonds. The molecule has 0 aromatic heterocycles. The third-order valence-electron chi connectivity index (χ3n) is 4.38. The Hall–Kier alpha value is -1.06. The molecule has 1 aromatic rings. The number of hydrogen-bond acceptors (Lipinski definition) is 3. The van der Waals surface area contributed by atoms with E-state index in [0.717, 1.165) is 32.8 Å². The number of rotatable bonds is 4. The van der Waals surface area contributed by atoms with Gasteiger partial charge in [-0.2, -0.15) is 0 Å². The largest absolute Gasteiger partial charge is 0.385 e. The Labute approximate surface area is 122 Å². The summed E-state index contributed by atoms with van der Waals surface area (Å²) in [6.45, 7) is 5.21. The van der Waals surface area contributed by atoms with Gasteiger partial charge in [0.05, 0.1) is 6.61 Å². The molecule has 3 nitrogen and oxygen atoms in total. The minimum Gasteiger partial charge on any atom is -0.385 e. The van der Waals surface area contributed by atoms with E-state index < -0.39 is 0 Å². The molecule has 0 radical (unpaired) electrons. The van der Waals surface area contributed by atoms with Crippen LogP contribution in [0.25, 0.3) is 0 Å². The van der Waals surface area contributed by atoms with Crippen molar-refractivity contribution in [1.82, 2.24) is 4.90 Å². The van der Waals surface area contributed by atoms with Gasteiger partial charge in [-0.1, -0.05) is 12.1 Å². The van der Waals surface area contributed by atoms with Gasteiger partial charge in [0, 0.05) is 31.9 Å². The highest BCUT2D eigenvalue weighted by Gasteiger charge is 2.16. The molecule has 1 N–H and O–H groups in total. The monoisotopic (exact) mass is 274 g/mol. The zero-order chi connectivity index (χ0) is 13.8. The summed E-state index contributed by atoms with van der Waals surface area (Å²) in [4.78, 5) is 2.44. The number of ether oxygens (including phenoxy) is 1. The quantitative estimate of drug-likeness (QED) is 0.913. The molecule has 3 heteroatoms. The molecule has 2 aliphatic heterocycles. The normalized spacial score (nSPS) is 22.4. The van der Waals surface area contributed by atoms with Crippen molar-refractivity contribution in [3.05, 3.63) is 29.3 Å². The number of fused-ring (bicyclic) bond motifs is 1. The third-order valence-corrected chi connectivity index (χ3v) is 4.38. The lowest BCUT2D eigenvalue weighted by Gasteiger charge is -2.27. The summed E-state index contributed by atoms with van der Waals surface area (Å²) in [5, 5.41) is 3.48. The maximum Gasteiger partial charge on any atom is 0.0506 e. The number of aryl methyl sites for hydroxylation is 1. The zero-order valence-corrected chi connectivity index (χ0v) is 12.5. The summed E-state index contributed by atoms with van der Waals surface area (Å²) in [6.07, 6.45) is 5.02. The summed E-state index contributed by atoms with van der Waals surface area (Å²) in [5.74, 6) is 0.716. The average molecular weight is 274 g/mol. The van der Waals surface area contributed by atoms with Gasteiger partial charge in [0.2, 0.25) is 0 Å². The molecule has 0 aliphatic carbocycles. The maximum atomic E-state index is 5.57. The van der Waals surface area contributed by atoms with Crippen LogP contribution in [-0.4, -0.2) is 38.3 Å². The van der Waals surface area contributed by atoms with Gasteiger partial charge in [0.25, 0.3) is 0 Å². The SMILES string of the molecule is CN(Cc1ccc2c(c1)CCCN2)CC1CCCOC1. The first-order valence-electron chi connectivity index (χ1n) is 7.93. The highest BCUT2D eigenvalue weighted by atomic mass is 16.5. The third kappa shape index (κ3) is 3.53. The fraction of sp³-hybridized carbons (Fsp3) is 0.647. The molecule has 1 fully saturated rings. The molecule has 20 heavy (non-hydrogen) atoms. The van der Waals surface area contributed by atoms with Crippen molar-refractivity contribution in [1.29, 1.82) is 0 Å². The number of anilines is 1. The Morgan fingerprint density at radius 1 is 1.35 bits per heavy atom. The van der Waals surface area contributed by atoms with Gasteiger partial charge in [0.1, 0.15) is 0 Å². The Kier molecular flexibility index (Phi) is 4.58. The first kappa shape index (κ1) is 13.9. The second kappa shape index (κ2) is 6.59. The van der Waals surface area contributed by atoms with Crippen molar-refractivity contribution < 1.29 is 4.74 Å². The molecule has 1 aromatic carbocycles. The molecule has 0 spiro atoms. The van der Waals surface area contributed by atoms with E-state index in [0.29, 0.717) is 5.92 Å². The minimum atomic E-state index is 0.716. The Morgan fingerprint density at radius 3 is 3.15 bits per heavy atom. The van der Waals surface area contributed by atoms with Gasteiger partial charge < -0.3 is 15.0 Å². The summed E-state index contributed by atoms with van der Waals surface area (Å²) in [6, 6.07) is 6.90. The highest BCUT2D eigenvalue weighted by Crippen LogP contribution is 2.23. The predicted molar refractivity (Wildman–Crippen MR) is 83.1 cm³/mol. The first-order valence-corrected chi connectivity index (χ1v) is 7.93. The van der Waals surface area contributed by atoms with Crippen LogP contribution in [0.4, 0.5) is 5.69 Å². The fourth-order valence-electron chi connectivity index (χ4n) is 3.39. The molecule has 3 rings (SSSR count). The lowest BCUT2D eigenvalue weighted by molar-refractivity contribution is 0.0411. The molecule has 110 valence electrons. The van der Waals surface area contributed by atoms with E-state index in [4.69, 9.17) is 4.74 Å². The molecule has 1 saturated heterocycles. The number of benzene rings is 1. The molecule has 2 heterocycles. The lowest BCUT2D eigenvalue weighted by Crippen LogP contribution is -2.30. The van der Waals surface area contributed by atoms with Crippen LogP contribution in [0, 0.1) is 5.92 Å². The van der Waals surface area contributed by atoms with Gasteiger partial charge in [-0.05, 0) is 55.8 Å². The van der Waals surface area contributed by atoms with Crippen LogP contribution >= 0.6 is 0 Å². The summed E-state index contributed by atoms with van der Waals surface area (Å²) in [7, 11) is 2.23. The van der Waals surface area contributed by atoms with Crippen molar-refractivity contribution in [3.8, 4) is 0 Å². The summed E-state index contributed by atoms with van der Waals surface area (Å²) >= 11 is 0. The second-order valence-corrected chi connectivity index (χ2v) is 6.30.